The van der Waals surface area contributed by atoms with Crippen molar-refractivity contribution in [1.82, 2.24) is 15.3 Å². The Morgan fingerprint density at radius 2 is 1.95 bits per heavy atom. The van der Waals surface area contributed by atoms with Crippen LogP contribution in [0.4, 0.5) is 4.39 Å². The number of aromatic amines is 1. The predicted molar refractivity (Wildman–Crippen MR) is 82.8 cm³/mol. The number of aromatic nitrogens is 2. The summed E-state index contributed by atoms with van der Waals surface area (Å²) < 4.78 is 12.8. The van der Waals surface area contributed by atoms with E-state index in [1.54, 1.807) is 12.1 Å². The van der Waals surface area contributed by atoms with Crippen molar-refractivity contribution in [2.24, 2.45) is 0 Å². The number of carbonyl (C=O) groups is 1. The van der Waals surface area contributed by atoms with Gasteiger partial charge >= 0.3 is 0 Å². The normalized spacial score (nSPS) is 12.3. The first-order valence-corrected chi connectivity index (χ1v) is 7.10. The van der Waals surface area contributed by atoms with Crippen LogP contribution >= 0.6 is 0 Å². The molecule has 4 nitrogen and oxygen atoms in total. The van der Waals surface area contributed by atoms with E-state index in [0.29, 0.717) is 5.82 Å². The number of halogens is 1. The second-order valence-electron chi connectivity index (χ2n) is 5.23. The van der Waals surface area contributed by atoms with Crippen LogP contribution in [0.15, 0.2) is 48.5 Å². The number of nitrogens with one attached hydrogen (secondary N) is 2. The molecule has 0 radical (unpaired) electrons. The van der Waals surface area contributed by atoms with Crippen LogP contribution in [0.5, 0.6) is 0 Å². The molecule has 3 aromatic rings. The molecule has 0 aliphatic rings. The monoisotopic (exact) mass is 297 g/mol. The number of benzene rings is 2. The minimum absolute atomic E-state index is 0.125. The second kappa shape index (κ2) is 5.97. The molecule has 22 heavy (non-hydrogen) atoms. The summed E-state index contributed by atoms with van der Waals surface area (Å²) in [6, 6.07) is 13.4. The van der Waals surface area contributed by atoms with Gasteiger partial charge in [0, 0.05) is 0 Å². The topological polar surface area (TPSA) is 57.8 Å². The van der Waals surface area contributed by atoms with Crippen molar-refractivity contribution in [2.75, 3.05) is 0 Å². The van der Waals surface area contributed by atoms with Crippen LogP contribution in [-0.2, 0) is 11.2 Å². The molecule has 1 aromatic heterocycles. The van der Waals surface area contributed by atoms with Gasteiger partial charge < -0.3 is 10.3 Å². The lowest BCUT2D eigenvalue weighted by Gasteiger charge is -2.11. The summed E-state index contributed by atoms with van der Waals surface area (Å²) in [7, 11) is 0. The molecular weight excluding hydrogens is 281 g/mol. The number of carbonyl (C=O) groups excluding carboxylic acids is 1. The van der Waals surface area contributed by atoms with Crippen LogP contribution in [0.3, 0.4) is 0 Å². The fourth-order valence-electron chi connectivity index (χ4n) is 2.33. The van der Waals surface area contributed by atoms with Gasteiger partial charge in [0.15, 0.2) is 0 Å². The first-order valence-electron chi connectivity index (χ1n) is 7.10. The number of hydrogen-bond donors (Lipinski definition) is 2. The number of fused-ring (bicyclic) bond motifs is 1. The van der Waals surface area contributed by atoms with E-state index in [1.807, 2.05) is 31.2 Å². The number of nitrogens with zero attached hydrogens (tertiary/aromatic N) is 1. The zero-order valence-electron chi connectivity index (χ0n) is 12.1. The standard InChI is InChI=1S/C17H16FN3O/c1-11(17-20-14-4-2-3-5-15(14)21-17)19-16(22)10-12-6-8-13(18)9-7-12/h2-9,11H,10H2,1H3,(H,19,22)(H,20,21)/t11-/m0/s1. The van der Waals surface area contributed by atoms with Crippen LogP contribution in [0.25, 0.3) is 11.0 Å². The van der Waals surface area contributed by atoms with Crippen molar-refractivity contribution in [3.8, 4) is 0 Å². The van der Waals surface area contributed by atoms with Gasteiger partial charge in [0.05, 0.1) is 23.5 Å². The molecule has 5 heteroatoms. The van der Waals surface area contributed by atoms with Crippen molar-refractivity contribution < 1.29 is 9.18 Å². The quantitative estimate of drug-likeness (QED) is 0.777. The summed E-state index contributed by atoms with van der Waals surface area (Å²) in [6.07, 6.45) is 0.213. The van der Waals surface area contributed by atoms with Gasteiger partial charge in [-0.2, -0.15) is 0 Å². The first-order chi connectivity index (χ1) is 10.6. The molecule has 1 heterocycles. The highest BCUT2D eigenvalue weighted by Crippen LogP contribution is 2.15. The van der Waals surface area contributed by atoms with Gasteiger partial charge in [-0.05, 0) is 36.8 Å². The smallest absolute Gasteiger partial charge is 0.224 e. The molecule has 112 valence electrons. The molecule has 0 saturated heterocycles. The molecule has 0 bridgehead atoms. The Hall–Kier alpha value is -2.69. The lowest BCUT2D eigenvalue weighted by atomic mass is 10.1. The van der Waals surface area contributed by atoms with Crippen LogP contribution in [0, 0.1) is 5.82 Å². The predicted octanol–water partition coefficient (Wildman–Crippen LogP) is 3.12. The molecule has 2 aromatic carbocycles. The fraction of sp³-hybridized carbons (Fsp3) is 0.176. The van der Waals surface area contributed by atoms with E-state index >= 15 is 0 Å². The number of rotatable bonds is 4. The lowest BCUT2D eigenvalue weighted by Crippen LogP contribution is -2.28. The SMILES string of the molecule is C[C@H](NC(=O)Cc1ccc(F)cc1)c1nc2ccccc2[nH]1. The van der Waals surface area contributed by atoms with Gasteiger partial charge in [0.25, 0.3) is 0 Å². The van der Waals surface area contributed by atoms with E-state index in [2.05, 4.69) is 15.3 Å². The number of H-pyrrole nitrogens is 1. The highest BCUT2D eigenvalue weighted by atomic mass is 19.1. The van der Waals surface area contributed by atoms with E-state index in [9.17, 15) is 9.18 Å². The van der Waals surface area contributed by atoms with Gasteiger partial charge in [-0.15, -0.1) is 0 Å². The summed E-state index contributed by atoms with van der Waals surface area (Å²) in [5.41, 5.74) is 2.59. The molecule has 0 aliphatic carbocycles. The average Bonchev–Trinajstić information content (AvgIpc) is 2.93. The van der Waals surface area contributed by atoms with Gasteiger partial charge in [-0.1, -0.05) is 24.3 Å². The van der Waals surface area contributed by atoms with E-state index in [-0.39, 0.29) is 24.2 Å². The summed E-state index contributed by atoms with van der Waals surface area (Å²) in [5, 5.41) is 2.89. The first kappa shape index (κ1) is 14.3. The largest absolute Gasteiger partial charge is 0.346 e. The summed E-state index contributed by atoms with van der Waals surface area (Å²) >= 11 is 0. The Morgan fingerprint density at radius 3 is 2.68 bits per heavy atom. The minimum atomic E-state index is -0.306. The van der Waals surface area contributed by atoms with Crippen molar-refractivity contribution in [2.45, 2.75) is 19.4 Å². The second-order valence-corrected chi connectivity index (χ2v) is 5.23. The summed E-state index contributed by atoms with van der Waals surface area (Å²) in [6.45, 7) is 1.88. The van der Waals surface area contributed by atoms with E-state index in [1.165, 1.54) is 12.1 Å². The average molecular weight is 297 g/mol. The number of para-hydroxylation sites is 2. The summed E-state index contributed by atoms with van der Waals surface area (Å²) in [4.78, 5) is 19.7. The maximum atomic E-state index is 12.8. The number of hydrogen-bond acceptors (Lipinski definition) is 2. The third-order valence-corrected chi connectivity index (χ3v) is 3.47. The molecule has 1 atom stereocenters. The minimum Gasteiger partial charge on any atom is -0.346 e. The van der Waals surface area contributed by atoms with Crippen molar-refractivity contribution in [1.29, 1.82) is 0 Å². The molecule has 0 fully saturated rings. The molecule has 0 aliphatic heterocycles. The van der Waals surface area contributed by atoms with E-state index in [4.69, 9.17) is 0 Å². The Kier molecular flexibility index (Phi) is 3.87. The molecule has 0 spiro atoms. The maximum absolute atomic E-state index is 12.8. The third-order valence-electron chi connectivity index (χ3n) is 3.47. The van der Waals surface area contributed by atoms with E-state index in [0.717, 1.165) is 16.6 Å². The number of imidazole rings is 1. The molecule has 0 saturated carbocycles. The highest BCUT2D eigenvalue weighted by molar-refractivity contribution is 5.79. The molecule has 2 N–H and O–H groups in total. The third kappa shape index (κ3) is 3.14. The maximum Gasteiger partial charge on any atom is 0.224 e. The zero-order valence-corrected chi connectivity index (χ0v) is 12.1. The molecule has 3 rings (SSSR count). The van der Waals surface area contributed by atoms with Gasteiger partial charge in [-0.25, -0.2) is 9.37 Å². The Morgan fingerprint density at radius 1 is 1.23 bits per heavy atom. The molecular formula is C17H16FN3O. The van der Waals surface area contributed by atoms with Crippen molar-refractivity contribution >= 4 is 16.9 Å². The van der Waals surface area contributed by atoms with Gasteiger partial charge in [-0.3, -0.25) is 4.79 Å². The van der Waals surface area contributed by atoms with Crippen molar-refractivity contribution in [3.05, 3.63) is 65.7 Å². The Balaban J connectivity index is 1.66. The Bertz CT molecular complexity index is 762. The molecule has 0 unspecified atom stereocenters. The number of amides is 1. The summed E-state index contributed by atoms with van der Waals surface area (Å²) in [5.74, 6) is 0.285. The van der Waals surface area contributed by atoms with Gasteiger partial charge in [0.2, 0.25) is 5.91 Å². The van der Waals surface area contributed by atoms with Crippen LogP contribution in [-0.4, -0.2) is 15.9 Å². The van der Waals surface area contributed by atoms with Gasteiger partial charge in [0.1, 0.15) is 11.6 Å². The van der Waals surface area contributed by atoms with Crippen molar-refractivity contribution in [3.63, 3.8) is 0 Å². The van der Waals surface area contributed by atoms with Crippen LogP contribution < -0.4 is 5.32 Å². The zero-order chi connectivity index (χ0) is 15.5. The van der Waals surface area contributed by atoms with E-state index < -0.39 is 0 Å². The molecule has 1 amide bonds. The van der Waals surface area contributed by atoms with Crippen LogP contribution in [0.1, 0.15) is 24.4 Å². The Labute approximate surface area is 127 Å². The fourth-order valence-corrected chi connectivity index (χ4v) is 2.33. The highest BCUT2D eigenvalue weighted by Gasteiger charge is 2.13. The van der Waals surface area contributed by atoms with Crippen LogP contribution in [0.2, 0.25) is 0 Å². The lowest BCUT2D eigenvalue weighted by molar-refractivity contribution is -0.121.